The average molecular weight is 307 g/mol. The van der Waals surface area contributed by atoms with Crippen molar-refractivity contribution in [3.63, 3.8) is 0 Å². The van der Waals surface area contributed by atoms with Crippen LogP contribution in [0.15, 0.2) is 48.8 Å². The van der Waals surface area contributed by atoms with Crippen molar-refractivity contribution in [2.45, 2.75) is 26.4 Å². The number of hydrogen-bond acceptors (Lipinski definition) is 3. The molecule has 0 amide bonds. The minimum Gasteiger partial charge on any atom is -0.295 e. The van der Waals surface area contributed by atoms with Crippen LogP contribution >= 0.6 is 0 Å². The molecular formula is C18H21N5. The predicted molar refractivity (Wildman–Crippen MR) is 89.6 cm³/mol. The summed E-state index contributed by atoms with van der Waals surface area (Å²) in [6, 6.07) is 13.2. The van der Waals surface area contributed by atoms with Gasteiger partial charge in [-0.25, -0.2) is 4.68 Å². The molecule has 5 nitrogen and oxygen atoms in total. The van der Waals surface area contributed by atoms with Crippen molar-refractivity contribution in [3.05, 3.63) is 65.7 Å². The molecule has 1 aliphatic heterocycles. The molecule has 2 aromatic heterocycles. The maximum absolute atomic E-state index is 4.59. The summed E-state index contributed by atoms with van der Waals surface area (Å²) in [6.45, 7) is 7.33. The quantitative estimate of drug-likeness (QED) is 0.744. The monoisotopic (exact) mass is 307 g/mol. The maximum Gasteiger partial charge on any atom is 0.0776 e. The third-order valence-electron chi connectivity index (χ3n) is 4.44. The number of aryl methyl sites for hydroxylation is 2. The van der Waals surface area contributed by atoms with Gasteiger partial charge in [0.05, 0.1) is 17.4 Å². The van der Waals surface area contributed by atoms with E-state index in [1.807, 2.05) is 16.9 Å². The smallest absolute Gasteiger partial charge is 0.0776 e. The Morgan fingerprint density at radius 3 is 2.52 bits per heavy atom. The summed E-state index contributed by atoms with van der Waals surface area (Å²) in [5, 5.41) is 8.85. The summed E-state index contributed by atoms with van der Waals surface area (Å²) < 4.78 is 4.05. The Labute approximate surface area is 136 Å². The fraction of sp³-hybridized carbons (Fsp3) is 0.333. The van der Waals surface area contributed by atoms with E-state index in [9.17, 15) is 0 Å². The third kappa shape index (κ3) is 2.80. The van der Waals surface area contributed by atoms with Gasteiger partial charge in [0, 0.05) is 37.7 Å². The van der Waals surface area contributed by atoms with Crippen LogP contribution in [0.2, 0.25) is 0 Å². The van der Waals surface area contributed by atoms with Crippen LogP contribution in [0.4, 0.5) is 0 Å². The van der Waals surface area contributed by atoms with E-state index >= 15 is 0 Å². The Kier molecular flexibility index (Phi) is 3.50. The molecule has 0 saturated carbocycles. The molecule has 0 spiro atoms. The molecule has 0 N–H and O–H groups in total. The van der Waals surface area contributed by atoms with E-state index < -0.39 is 0 Å². The van der Waals surface area contributed by atoms with E-state index in [1.54, 1.807) is 6.20 Å². The molecular weight excluding hydrogens is 286 g/mol. The maximum atomic E-state index is 4.59. The molecule has 4 rings (SSSR count). The van der Waals surface area contributed by atoms with Crippen molar-refractivity contribution in [2.75, 3.05) is 13.1 Å². The average Bonchev–Trinajstić information content (AvgIpc) is 3.13. The van der Waals surface area contributed by atoms with E-state index in [4.69, 9.17) is 0 Å². The second-order valence-corrected chi connectivity index (χ2v) is 6.34. The lowest BCUT2D eigenvalue weighted by atomic mass is 10.1. The van der Waals surface area contributed by atoms with Gasteiger partial charge in [-0.15, -0.1) is 0 Å². The number of benzene rings is 1. The van der Waals surface area contributed by atoms with Gasteiger partial charge >= 0.3 is 0 Å². The number of hydrogen-bond donors (Lipinski definition) is 0. The highest BCUT2D eigenvalue weighted by atomic mass is 15.4. The van der Waals surface area contributed by atoms with Crippen LogP contribution in [0.25, 0.3) is 5.69 Å². The minimum absolute atomic E-state index is 0.520. The number of likely N-dealkylation sites (tertiary alicyclic amines) is 1. The van der Waals surface area contributed by atoms with Gasteiger partial charge < -0.3 is 0 Å². The molecule has 1 fully saturated rings. The molecule has 0 aliphatic carbocycles. The van der Waals surface area contributed by atoms with E-state index in [1.165, 1.54) is 11.3 Å². The lowest BCUT2D eigenvalue weighted by molar-refractivity contribution is 0.0893. The molecule has 0 atom stereocenters. The Bertz CT molecular complexity index is 779. The van der Waals surface area contributed by atoms with Crippen LogP contribution in [0, 0.1) is 13.8 Å². The van der Waals surface area contributed by atoms with Crippen LogP contribution in [0.1, 0.15) is 23.0 Å². The summed E-state index contributed by atoms with van der Waals surface area (Å²) in [7, 11) is 0. The van der Waals surface area contributed by atoms with Gasteiger partial charge in [-0.1, -0.05) is 12.1 Å². The second-order valence-electron chi connectivity index (χ2n) is 6.34. The highest BCUT2D eigenvalue weighted by molar-refractivity contribution is 5.33. The standard InChI is InChI=1S/C18H21N5/c1-14-10-15(2)23(20-14)18-12-21(13-18)11-16-4-6-17(7-5-16)22-9-3-8-19-22/h3-10,18H,11-13H2,1-2H3. The summed E-state index contributed by atoms with van der Waals surface area (Å²) in [6.07, 6.45) is 3.76. The van der Waals surface area contributed by atoms with E-state index in [-0.39, 0.29) is 0 Å². The van der Waals surface area contributed by atoms with Gasteiger partial charge in [0.25, 0.3) is 0 Å². The molecule has 0 radical (unpaired) electrons. The van der Waals surface area contributed by atoms with E-state index in [0.29, 0.717) is 6.04 Å². The summed E-state index contributed by atoms with van der Waals surface area (Å²) in [5.74, 6) is 0. The second kappa shape index (κ2) is 5.66. The topological polar surface area (TPSA) is 38.9 Å². The molecule has 5 heteroatoms. The zero-order valence-electron chi connectivity index (χ0n) is 13.6. The van der Waals surface area contributed by atoms with Gasteiger partial charge in [0.15, 0.2) is 0 Å². The Morgan fingerprint density at radius 1 is 1.13 bits per heavy atom. The molecule has 1 saturated heterocycles. The molecule has 0 bridgehead atoms. The predicted octanol–water partition coefficient (Wildman–Crippen LogP) is 2.74. The summed E-state index contributed by atoms with van der Waals surface area (Å²) in [5.41, 5.74) is 4.81. The van der Waals surface area contributed by atoms with Crippen molar-refractivity contribution < 1.29 is 0 Å². The first-order valence-electron chi connectivity index (χ1n) is 8.03. The molecule has 1 aliphatic rings. The highest BCUT2D eigenvalue weighted by Crippen LogP contribution is 2.24. The highest BCUT2D eigenvalue weighted by Gasteiger charge is 2.29. The van der Waals surface area contributed by atoms with E-state index in [0.717, 1.165) is 31.0 Å². The zero-order valence-corrected chi connectivity index (χ0v) is 13.6. The van der Waals surface area contributed by atoms with Crippen molar-refractivity contribution in [3.8, 4) is 5.69 Å². The molecule has 0 unspecified atom stereocenters. The van der Waals surface area contributed by atoms with Crippen LogP contribution in [0.3, 0.4) is 0 Å². The van der Waals surface area contributed by atoms with Crippen LogP contribution in [0.5, 0.6) is 0 Å². The van der Waals surface area contributed by atoms with Crippen LogP contribution in [-0.4, -0.2) is 37.6 Å². The fourth-order valence-electron chi connectivity index (χ4n) is 3.28. The van der Waals surface area contributed by atoms with Gasteiger partial charge in [0.1, 0.15) is 0 Å². The van der Waals surface area contributed by atoms with Crippen molar-refractivity contribution in [1.29, 1.82) is 0 Å². The van der Waals surface area contributed by atoms with Crippen molar-refractivity contribution in [2.24, 2.45) is 0 Å². The Balaban J connectivity index is 1.36. The Morgan fingerprint density at radius 2 is 1.91 bits per heavy atom. The largest absolute Gasteiger partial charge is 0.295 e. The molecule has 3 aromatic rings. The van der Waals surface area contributed by atoms with Crippen molar-refractivity contribution in [1.82, 2.24) is 24.5 Å². The number of nitrogens with zero attached hydrogens (tertiary/aromatic N) is 5. The van der Waals surface area contributed by atoms with E-state index in [2.05, 4.69) is 64.0 Å². The van der Waals surface area contributed by atoms with Gasteiger partial charge in [0.2, 0.25) is 0 Å². The normalized spacial score (nSPS) is 15.7. The first kappa shape index (κ1) is 14.2. The zero-order chi connectivity index (χ0) is 15.8. The first-order chi connectivity index (χ1) is 11.2. The first-order valence-corrected chi connectivity index (χ1v) is 8.03. The lowest BCUT2D eigenvalue weighted by Crippen LogP contribution is -2.47. The number of aromatic nitrogens is 4. The van der Waals surface area contributed by atoms with Crippen molar-refractivity contribution >= 4 is 0 Å². The molecule has 23 heavy (non-hydrogen) atoms. The summed E-state index contributed by atoms with van der Waals surface area (Å²) >= 11 is 0. The summed E-state index contributed by atoms with van der Waals surface area (Å²) in [4.78, 5) is 2.46. The minimum atomic E-state index is 0.520. The SMILES string of the molecule is Cc1cc(C)n(C2CN(Cc3ccc(-n4cccn4)cc3)C2)n1. The van der Waals surface area contributed by atoms with Gasteiger partial charge in [-0.2, -0.15) is 10.2 Å². The molecule has 3 heterocycles. The number of rotatable bonds is 4. The Hall–Kier alpha value is -2.40. The van der Waals surface area contributed by atoms with Gasteiger partial charge in [-0.3, -0.25) is 9.58 Å². The lowest BCUT2D eigenvalue weighted by Gasteiger charge is -2.39. The van der Waals surface area contributed by atoms with Crippen LogP contribution < -0.4 is 0 Å². The van der Waals surface area contributed by atoms with Crippen LogP contribution in [-0.2, 0) is 6.54 Å². The van der Waals surface area contributed by atoms with Gasteiger partial charge in [-0.05, 0) is 43.7 Å². The fourth-order valence-corrected chi connectivity index (χ4v) is 3.28. The third-order valence-corrected chi connectivity index (χ3v) is 4.44. The molecule has 1 aromatic carbocycles. The molecule has 118 valence electrons.